The highest BCUT2D eigenvalue weighted by atomic mass is 127. The van der Waals surface area contributed by atoms with Crippen molar-refractivity contribution in [3.63, 3.8) is 0 Å². The molecule has 0 aromatic heterocycles. The van der Waals surface area contributed by atoms with E-state index in [1.54, 1.807) is 7.05 Å². The third kappa shape index (κ3) is 8.87. The first-order valence-corrected chi connectivity index (χ1v) is 12.0. The number of guanidine groups is 1. The molecule has 0 saturated carbocycles. The quantitative estimate of drug-likeness (QED) is 0.268. The Hall–Kier alpha value is -0.520. The van der Waals surface area contributed by atoms with Crippen molar-refractivity contribution in [1.82, 2.24) is 15.4 Å². The summed E-state index contributed by atoms with van der Waals surface area (Å²) < 4.78 is 26.9. The van der Waals surface area contributed by atoms with Gasteiger partial charge in [-0.3, -0.25) is 4.99 Å². The number of nitrogens with zero attached hydrogens (tertiary/aromatic N) is 1. The topological polar surface area (TPSA) is 82.6 Å². The number of benzene rings is 1. The zero-order chi connectivity index (χ0) is 19.9. The van der Waals surface area contributed by atoms with Gasteiger partial charge in [-0.15, -0.1) is 24.0 Å². The second-order valence-electron chi connectivity index (χ2n) is 7.53. The van der Waals surface area contributed by atoms with Crippen molar-refractivity contribution in [2.75, 3.05) is 19.3 Å². The molecule has 0 aliphatic carbocycles. The van der Waals surface area contributed by atoms with Crippen molar-refractivity contribution in [2.24, 2.45) is 4.99 Å². The second-order valence-corrected chi connectivity index (χ2v) is 11.0. The summed E-state index contributed by atoms with van der Waals surface area (Å²) in [5.74, 6) is 2.02. The zero-order valence-electron chi connectivity index (χ0n) is 17.1. The van der Waals surface area contributed by atoms with Crippen molar-refractivity contribution < 1.29 is 8.42 Å². The Balaban J connectivity index is 0.00000392. The van der Waals surface area contributed by atoms with E-state index in [1.807, 2.05) is 49.9 Å². The first kappa shape index (κ1) is 25.5. The van der Waals surface area contributed by atoms with Crippen LogP contribution in [0.5, 0.6) is 0 Å². The lowest BCUT2D eigenvalue weighted by Crippen LogP contribution is -2.43. The Morgan fingerprint density at radius 2 is 1.86 bits per heavy atom. The fourth-order valence-electron chi connectivity index (χ4n) is 3.03. The molecule has 6 nitrogen and oxygen atoms in total. The molecule has 9 heteroatoms. The molecule has 1 aliphatic rings. The van der Waals surface area contributed by atoms with E-state index in [0.717, 1.165) is 23.6 Å². The molecule has 1 fully saturated rings. The largest absolute Gasteiger partial charge is 0.355 e. The zero-order valence-corrected chi connectivity index (χ0v) is 21.1. The van der Waals surface area contributed by atoms with Crippen molar-refractivity contribution >= 4 is 51.7 Å². The molecule has 160 valence electrons. The molecule has 1 aromatic rings. The van der Waals surface area contributed by atoms with Gasteiger partial charge in [-0.2, -0.15) is 11.8 Å². The molecule has 1 unspecified atom stereocenters. The first-order chi connectivity index (χ1) is 12.7. The summed E-state index contributed by atoms with van der Waals surface area (Å²) in [4.78, 5) is 4.29. The van der Waals surface area contributed by atoms with Gasteiger partial charge in [0, 0.05) is 30.9 Å². The molecule has 1 saturated heterocycles. The number of nitrogens with one attached hydrogen (secondary N) is 3. The van der Waals surface area contributed by atoms with E-state index < -0.39 is 10.0 Å². The number of sulfonamides is 1. The summed E-state index contributed by atoms with van der Waals surface area (Å²) in [6.45, 7) is 7.47. The third-order valence-corrected chi connectivity index (χ3v) is 7.49. The molecule has 0 amide bonds. The maximum Gasteiger partial charge on any atom is 0.216 e. The monoisotopic (exact) mass is 540 g/mol. The van der Waals surface area contributed by atoms with Crippen LogP contribution in [0.3, 0.4) is 0 Å². The lowest BCUT2D eigenvalue weighted by molar-refractivity contribution is 0.569. The van der Waals surface area contributed by atoms with Crippen molar-refractivity contribution in [3.8, 4) is 0 Å². The van der Waals surface area contributed by atoms with Gasteiger partial charge in [0.05, 0.1) is 5.75 Å². The van der Waals surface area contributed by atoms with Crippen LogP contribution in [0, 0.1) is 0 Å². The van der Waals surface area contributed by atoms with Crippen LogP contribution < -0.4 is 15.4 Å². The van der Waals surface area contributed by atoms with E-state index in [-0.39, 0.29) is 40.5 Å². The Labute approximate surface area is 191 Å². The van der Waals surface area contributed by atoms with E-state index >= 15 is 0 Å². The summed E-state index contributed by atoms with van der Waals surface area (Å²) >= 11 is 2.02. The highest BCUT2D eigenvalue weighted by Gasteiger charge is 2.29. The number of rotatable bonds is 8. The van der Waals surface area contributed by atoms with Gasteiger partial charge in [-0.05, 0) is 50.5 Å². The average molecular weight is 541 g/mol. The number of hydrogen-bond acceptors (Lipinski definition) is 4. The third-order valence-electron chi connectivity index (χ3n) is 4.41. The summed E-state index contributed by atoms with van der Waals surface area (Å²) in [7, 11) is -1.52. The van der Waals surface area contributed by atoms with Gasteiger partial charge in [-0.1, -0.05) is 24.3 Å². The number of aliphatic imine (C=N–C) groups is 1. The molecule has 0 spiro atoms. The van der Waals surface area contributed by atoms with E-state index in [1.165, 1.54) is 18.6 Å². The smallest absolute Gasteiger partial charge is 0.216 e. The predicted octanol–water partition coefficient (Wildman–Crippen LogP) is 3.08. The maximum absolute atomic E-state index is 12.0. The molecule has 1 aromatic carbocycles. The molecular formula is C19H33IN4O2S2. The van der Waals surface area contributed by atoms with E-state index in [4.69, 9.17) is 0 Å². The molecule has 0 bridgehead atoms. The minimum atomic E-state index is -3.29. The van der Waals surface area contributed by atoms with Gasteiger partial charge in [0.2, 0.25) is 10.0 Å². The predicted molar refractivity (Wildman–Crippen MR) is 131 cm³/mol. The minimum Gasteiger partial charge on any atom is -0.355 e. The average Bonchev–Trinajstić information content (AvgIpc) is 3.02. The fourth-order valence-corrected chi connectivity index (χ4v) is 5.70. The Morgan fingerprint density at radius 3 is 2.39 bits per heavy atom. The van der Waals surface area contributed by atoms with Crippen LogP contribution in [0.15, 0.2) is 29.3 Å². The van der Waals surface area contributed by atoms with Crippen LogP contribution in [0.4, 0.5) is 0 Å². The summed E-state index contributed by atoms with van der Waals surface area (Å²) in [5, 5.41) is 6.73. The Kier molecular flexibility index (Phi) is 10.6. The maximum atomic E-state index is 12.0. The van der Waals surface area contributed by atoms with E-state index in [2.05, 4.69) is 27.3 Å². The van der Waals surface area contributed by atoms with Crippen LogP contribution in [0.2, 0.25) is 0 Å². The highest BCUT2D eigenvalue weighted by Crippen LogP contribution is 2.36. The van der Waals surface area contributed by atoms with Gasteiger partial charge in [0.15, 0.2) is 5.96 Å². The SMILES string of the molecule is CN=C(NCc1ccc(CS(=O)(=O)NC(C)C)cc1)NCC1(C)CCCS1.I. The standard InChI is InChI=1S/C19H32N4O2S2.HI/c1-15(2)23-27(24,25)13-17-8-6-16(7-9-17)12-21-18(20-4)22-14-19(3)10-5-11-26-19;/h6-9,15,23H,5,10-14H2,1-4H3,(H2,20,21,22);1H. The van der Waals surface area contributed by atoms with Crippen molar-refractivity contribution in [1.29, 1.82) is 0 Å². The van der Waals surface area contributed by atoms with E-state index in [0.29, 0.717) is 6.54 Å². The van der Waals surface area contributed by atoms with E-state index in [9.17, 15) is 8.42 Å². The van der Waals surface area contributed by atoms with Crippen molar-refractivity contribution in [3.05, 3.63) is 35.4 Å². The molecule has 1 atom stereocenters. The molecular weight excluding hydrogens is 507 g/mol. The molecule has 1 aliphatic heterocycles. The van der Waals surface area contributed by atoms with Gasteiger partial charge < -0.3 is 10.6 Å². The van der Waals surface area contributed by atoms with Gasteiger partial charge in [-0.25, -0.2) is 13.1 Å². The highest BCUT2D eigenvalue weighted by molar-refractivity contribution is 14.0. The van der Waals surface area contributed by atoms with Gasteiger partial charge >= 0.3 is 0 Å². The van der Waals surface area contributed by atoms with Gasteiger partial charge in [0.1, 0.15) is 0 Å². The normalized spacial score (nSPS) is 20.1. The number of hydrogen-bond donors (Lipinski definition) is 3. The summed E-state index contributed by atoms with van der Waals surface area (Å²) in [6, 6.07) is 7.54. The number of thioether (sulfide) groups is 1. The molecule has 2 rings (SSSR count). The lowest BCUT2D eigenvalue weighted by Gasteiger charge is -2.24. The Bertz CT molecular complexity index is 731. The summed E-state index contributed by atoms with van der Waals surface area (Å²) in [6.07, 6.45) is 2.52. The second kappa shape index (κ2) is 11.6. The van der Waals surface area contributed by atoms with Crippen LogP contribution in [0.25, 0.3) is 0 Å². The minimum absolute atomic E-state index is 0. The van der Waals surface area contributed by atoms with Crippen LogP contribution in [-0.4, -0.2) is 44.5 Å². The molecule has 0 radical (unpaired) electrons. The van der Waals surface area contributed by atoms with Gasteiger partial charge in [0.25, 0.3) is 0 Å². The lowest BCUT2D eigenvalue weighted by atomic mass is 10.1. The Morgan fingerprint density at radius 1 is 1.21 bits per heavy atom. The molecule has 1 heterocycles. The van der Waals surface area contributed by atoms with Crippen LogP contribution >= 0.6 is 35.7 Å². The molecule has 28 heavy (non-hydrogen) atoms. The summed E-state index contributed by atoms with van der Waals surface area (Å²) in [5.41, 5.74) is 1.86. The van der Waals surface area contributed by atoms with Crippen molar-refractivity contribution in [2.45, 2.75) is 56.7 Å². The first-order valence-electron chi connectivity index (χ1n) is 9.38. The van der Waals surface area contributed by atoms with Crippen LogP contribution in [-0.2, 0) is 22.3 Å². The number of halogens is 1. The fraction of sp³-hybridized carbons (Fsp3) is 0.632. The molecule has 3 N–H and O–H groups in total. The van der Waals surface area contributed by atoms with Crippen LogP contribution in [0.1, 0.15) is 44.7 Å².